The summed E-state index contributed by atoms with van der Waals surface area (Å²) < 4.78 is 3.34. The molecule has 0 unspecified atom stereocenters. The Morgan fingerprint density at radius 3 is 1.41 bits per heavy atom. The Labute approximate surface area is 287 Å². The van der Waals surface area contributed by atoms with Gasteiger partial charge in [0, 0.05) is 0 Å². The smallest absolute Gasteiger partial charge is 0.172 e. The molecule has 0 amide bonds. The van der Waals surface area contributed by atoms with E-state index in [0.717, 1.165) is 0 Å². The van der Waals surface area contributed by atoms with Crippen molar-refractivity contribution in [2.45, 2.75) is 97.8 Å². The first-order chi connectivity index (χ1) is 20.0. The first kappa shape index (κ1) is 41.6. The summed E-state index contributed by atoms with van der Waals surface area (Å²) in [5.74, 6) is 0.639. The van der Waals surface area contributed by atoms with Gasteiger partial charge in [-0.3, -0.25) is 0 Å². The number of hydrogen-bond donors (Lipinski definition) is 0. The second-order valence-electron chi connectivity index (χ2n) is 13.3. The van der Waals surface area contributed by atoms with Crippen LogP contribution < -0.4 is 0 Å². The van der Waals surface area contributed by atoms with Crippen LogP contribution in [0.25, 0.3) is 21.5 Å². The zero-order valence-corrected chi connectivity index (χ0v) is 31.9. The van der Waals surface area contributed by atoms with E-state index in [9.17, 15) is 0 Å². The van der Waals surface area contributed by atoms with Crippen molar-refractivity contribution < 1.29 is 24.2 Å². The first-order valence-electron chi connectivity index (χ1n) is 15.4. The van der Waals surface area contributed by atoms with E-state index < -0.39 is 0 Å². The Bertz CT molecular complexity index is 1310. The summed E-state index contributed by atoms with van der Waals surface area (Å²) in [7, 11) is 0. The number of rotatable bonds is 1. The first-order valence-corrected chi connectivity index (χ1v) is 17.1. The minimum absolute atomic E-state index is 0. The molecule has 0 saturated heterocycles. The van der Waals surface area contributed by atoms with Gasteiger partial charge in [0.15, 0.2) is 0 Å². The molecule has 6 rings (SSSR count). The summed E-state index contributed by atoms with van der Waals surface area (Å²) in [5.41, 5.74) is 4.60. The molecule has 0 heterocycles. The fourth-order valence-corrected chi connectivity index (χ4v) is 4.78. The third kappa shape index (κ3) is 13.7. The maximum Gasteiger partial charge on any atom is -0.172 e. The Morgan fingerprint density at radius 2 is 1.14 bits per heavy atom. The van der Waals surface area contributed by atoms with Crippen LogP contribution in [0, 0.1) is 27.3 Å². The van der Waals surface area contributed by atoms with E-state index in [1.54, 1.807) is 0 Å². The monoisotopic (exact) mass is 664 g/mol. The number of benzene rings is 3. The number of fused-ring (bicyclic) bond motifs is 3. The molecule has 1 aliphatic carbocycles. The zero-order chi connectivity index (χ0) is 31.2. The molecule has 5 aromatic rings. The van der Waals surface area contributed by atoms with Crippen LogP contribution in [0.2, 0.25) is 0 Å². The maximum absolute atomic E-state index is 3.34. The van der Waals surface area contributed by atoms with Gasteiger partial charge in [-0.15, -0.1) is 39.7 Å². The van der Waals surface area contributed by atoms with Crippen molar-refractivity contribution in [3.05, 3.63) is 141 Å². The molecule has 0 bridgehead atoms. The molecule has 1 saturated carbocycles. The predicted octanol–water partition coefficient (Wildman–Crippen LogP) is 13.0. The van der Waals surface area contributed by atoms with Crippen LogP contribution in [0.4, 0.5) is 0 Å². The molecule has 0 nitrogen and oxygen atoms in total. The van der Waals surface area contributed by atoms with Gasteiger partial charge in [0.25, 0.3) is 0 Å². The number of hydrogen-bond acceptors (Lipinski definition) is 0. The fraction of sp³-hybridized carbons (Fsp3) is 0.349. The van der Waals surface area contributed by atoms with Gasteiger partial charge < -0.3 is 21.3 Å². The molecule has 44 heavy (non-hydrogen) atoms. The SMILES string of the molecule is CC(C)(C)c1ccc2c(c1)[cH-]c1cc(C(C)(C)C)ccc12.CC(C)c1cc[c-]cc1.[CH-]1CCCC1.[CH2]=[Zr].[CH3-].[CH3-].c1cc[cH-]c1. The average Bonchev–Trinajstić information content (AvgIpc) is 3.77. The Morgan fingerprint density at radius 1 is 0.705 bits per heavy atom. The molecular formula is C43H58Zr-6. The van der Waals surface area contributed by atoms with Crippen molar-refractivity contribution in [1.82, 2.24) is 0 Å². The summed E-state index contributed by atoms with van der Waals surface area (Å²) in [6.45, 7) is 18.0. The topological polar surface area (TPSA) is 0 Å². The van der Waals surface area contributed by atoms with Crippen LogP contribution in [0.3, 0.4) is 0 Å². The van der Waals surface area contributed by atoms with E-state index in [0.29, 0.717) is 5.92 Å². The van der Waals surface area contributed by atoms with E-state index >= 15 is 0 Å². The van der Waals surface area contributed by atoms with Crippen molar-refractivity contribution >= 4 is 25.8 Å². The maximum atomic E-state index is 3.34. The van der Waals surface area contributed by atoms with Crippen molar-refractivity contribution in [2.24, 2.45) is 0 Å². The third-order valence-electron chi connectivity index (χ3n) is 7.47. The molecule has 0 spiro atoms. The van der Waals surface area contributed by atoms with Gasteiger partial charge in [-0.1, -0.05) is 104 Å². The molecule has 0 radical (unpaired) electrons. The standard InChI is InChI=1S/C21H25.C9H11.C5H9.C5H5.2CH3.CH2.Zr/c1-20(2,3)16-7-9-18-14(12-16)11-15-13-17(21(4,5)6)8-10-19(15)18;1-8(2)9-6-4-3-5-7-9;2*1-2-4-5-3-1;;;;/h7-13H,1-6H3;4-8H,1-2H3;1H,2-5H2;1-5H;2*1H3;1H2;/q6*-1;;. The Hall–Kier alpha value is -2.37. The predicted molar refractivity (Wildman–Crippen MR) is 199 cm³/mol. The second-order valence-corrected chi connectivity index (χ2v) is 13.3. The van der Waals surface area contributed by atoms with Crippen LogP contribution in [-0.2, 0) is 35.1 Å². The summed E-state index contributed by atoms with van der Waals surface area (Å²) in [4.78, 5) is 0. The molecule has 0 aliphatic heterocycles. The van der Waals surface area contributed by atoms with E-state index in [-0.39, 0.29) is 25.7 Å². The second kappa shape index (κ2) is 20.6. The molecular weight excluding hydrogens is 608 g/mol. The summed E-state index contributed by atoms with van der Waals surface area (Å²) in [6.07, 6.45) is 8.00. The van der Waals surface area contributed by atoms with Gasteiger partial charge in [0.2, 0.25) is 0 Å². The van der Waals surface area contributed by atoms with Gasteiger partial charge in [0.05, 0.1) is 0 Å². The Kier molecular flexibility index (Phi) is 19.5. The van der Waals surface area contributed by atoms with Gasteiger partial charge in [0.1, 0.15) is 0 Å². The van der Waals surface area contributed by atoms with E-state index in [1.807, 2.05) is 42.5 Å². The van der Waals surface area contributed by atoms with Crippen LogP contribution in [-0.4, -0.2) is 4.21 Å². The van der Waals surface area contributed by atoms with Gasteiger partial charge in [-0.25, -0.2) is 12.1 Å². The van der Waals surface area contributed by atoms with Crippen LogP contribution >= 0.6 is 0 Å². The minimum atomic E-state index is 0. The minimum Gasteiger partial charge on any atom is -0.358 e. The van der Waals surface area contributed by atoms with Gasteiger partial charge >= 0.3 is 28.4 Å². The molecule has 240 valence electrons. The van der Waals surface area contributed by atoms with Gasteiger partial charge in [-0.2, -0.15) is 66.9 Å². The average molecular weight is 666 g/mol. The van der Waals surface area contributed by atoms with E-state index in [4.69, 9.17) is 0 Å². The molecule has 0 N–H and O–H groups in total. The van der Waals surface area contributed by atoms with Crippen molar-refractivity contribution in [2.75, 3.05) is 0 Å². The molecule has 1 heteroatoms. The van der Waals surface area contributed by atoms with E-state index in [1.165, 1.54) is 88.2 Å². The third-order valence-corrected chi connectivity index (χ3v) is 7.47. The van der Waals surface area contributed by atoms with Crippen LogP contribution in [0.5, 0.6) is 0 Å². The molecule has 0 atom stereocenters. The molecule has 1 aliphatic rings. The van der Waals surface area contributed by atoms with Crippen molar-refractivity contribution in [3.8, 4) is 0 Å². The van der Waals surface area contributed by atoms with Crippen LogP contribution in [0.1, 0.15) is 104 Å². The van der Waals surface area contributed by atoms with Crippen molar-refractivity contribution in [1.29, 1.82) is 0 Å². The summed E-state index contributed by atoms with van der Waals surface area (Å²) >= 11 is 1.30. The zero-order valence-electron chi connectivity index (χ0n) is 29.4. The summed E-state index contributed by atoms with van der Waals surface area (Å²) in [6, 6.07) is 37.3. The van der Waals surface area contributed by atoms with Gasteiger partial charge in [-0.05, 0) is 16.7 Å². The summed E-state index contributed by atoms with van der Waals surface area (Å²) in [5, 5.41) is 5.48. The largest absolute Gasteiger partial charge is 0.358 e. The van der Waals surface area contributed by atoms with Crippen molar-refractivity contribution in [3.63, 3.8) is 0 Å². The molecule has 1 fully saturated rings. The van der Waals surface area contributed by atoms with E-state index in [2.05, 4.69) is 127 Å². The normalized spacial score (nSPS) is 12.1. The Balaban J connectivity index is 0.000000661. The van der Waals surface area contributed by atoms with Crippen LogP contribution in [0.15, 0.2) is 97.1 Å². The fourth-order valence-electron chi connectivity index (χ4n) is 4.78. The molecule has 5 aromatic carbocycles. The quantitative estimate of drug-likeness (QED) is 0.156. The molecule has 0 aromatic heterocycles.